The molecule has 7 unspecified atom stereocenters. The minimum absolute atomic E-state index is 0.000709. The third-order valence-corrected chi connectivity index (χ3v) is 10.6. The van der Waals surface area contributed by atoms with Crippen LogP contribution in [0.2, 0.25) is 0 Å². The molecular weight excluding hydrogens is 470 g/mol. The molecule has 3 aliphatic rings. The average molecular weight is 506 g/mol. The monoisotopic (exact) mass is 505 g/mol. The van der Waals surface area contributed by atoms with E-state index in [-0.39, 0.29) is 62.3 Å². The molecule has 0 spiro atoms. The van der Waals surface area contributed by atoms with E-state index in [1.165, 1.54) is 4.31 Å². The fourth-order valence-electron chi connectivity index (χ4n) is 5.70. The first-order chi connectivity index (χ1) is 15.0. The zero-order valence-electron chi connectivity index (χ0n) is 18.7. The van der Waals surface area contributed by atoms with Crippen LogP contribution in [0.5, 0.6) is 0 Å². The Hall–Kier alpha value is -0.120. The summed E-state index contributed by atoms with van der Waals surface area (Å²) in [5, 5.41) is -1.24. The van der Waals surface area contributed by atoms with Crippen LogP contribution in [0.15, 0.2) is 0 Å². The summed E-state index contributed by atoms with van der Waals surface area (Å²) in [6.45, 7) is 2.19. The summed E-state index contributed by atoms with van der Waals surface area (Å²) < 4.78 is 88.0. The molecule has 3 aliphatic carbocycles. The van der Waals surface area contributed by atoms with E-state index >= 15 is 0 Å². The number of halogens is 5. The third kappa shape index (κ3) is 6.30. The molecule has 32 heavy (non-hydrogen) atoms. The number of nitrogens with zero attached hydrogens (tertiary/aromatic N) is 1. The number of rotatable bonds is 7. The molecule has 0 aromatic carbocycles. The van der Waals surface area contributed by atoms with Crippen molar-refractivity contribution in [2.45, 2.75) is 113 Å². The number of sulfonamides is 1. The van der Waals surface area contributed by atoms with Crippen molar-refractivity contribution < 1.29 is 30.7 Å². The minimum Gasteiger partial charge on any atom is -0.378 e. The lowest BCUT2D eigenvalue weighted by Crippen LogP contribution is -2.49. The maximum atomic E-state index is 14.3. The van der Waals surface area contributed by atoms with Gasteiger partial charge in [0.25, 0.3) is 0 Å². The van der Waals surface area contributed by atoms with Crippen LogP contribution in [0.1, 0.15) is 77.6 Å². The number of ether oxygens (including phenoxy) is 1. The molecule has 188 valence electrons. The molecule has 0 radical (unpaired) electrons. The van der Waals surface area contributed by atoms with Gasteiger partial charge in [-0.1, -0.05) is 13.3 Å². The summed E-state index contributed by atoms with van der Waals surface area (Å²) in [4.78, 5) is 0. The molecular formula is C22H36ClF4NO3S. The summed E-state index contributed by atoms with van der Waals surface area (Å²) in [5.74, 6) is -1.90. The summed E-state index contributed by atoms with van der Waals surface area (Å²) in [6.07, 6.45) is -0.619. The Morgan fingerprint density at radius 3 is 2.34 bits per heavy atom. The second-order valence-electron chi connectivity index (χ2n) is 9.68. The Morgan fingerprint density at radius 2 is 1.69 bits per heavy atom. The quantitative estimate of drug-likeness (QED) is 0.323. The molecule has 0 heterocycles. The normalized spacial score (nSPS) is 37.5. The fraction of sp³-hybridized carbons (Fsp3) is 1.00. The second kappa shape index (κ2) is 11.1. The molecule has 7 atom stereocenters. The largest absolute Gasteiger partial charge is 0.391 e. The molecule has 3 rings (SSSR count). The summed E-state index contributed by atoms with van der Waals surface area (Å²) in [5.41, 5.74) is 0. The Bertz CT molecular complexity index is 698. The van der Waals surface area contributed by atoms with Gasteiger partial charge in [0, 0.05) is 23.9 Å². The summed E-state index contributed by atoms with van der Waals surface area (Å²) >= 11 is 6.30. The number of hydrogen-bond donors (Lipinski definition) is 0. The molecule has 0 aromatic heterocycles. The highest BCUT2D eigenvalue weighted by Crippen LogP contribution is 2.41. The van der Waals surface area contributed by atoms with Crippen LogP contribution in [0.3, 0.4) is 0 Å². The van der Waals surface area contributed by atoms with Crippen LogP contribution >= 0.6 is 11.6 Å². The van der Waals surface area contributed by atoms with Crippen LogP contribution < -0.4 is 0 Å². The first-order valence-corrected chi connectivity index (χ1v) is 13.9. The van der Waals surface area contributed by atoms with Crippen LogP contribution in [-0.4, -0.2) is 61.0 Å². The van der Waals surface area contributed by atoms with Gasteiger partial charge in [0.05, 0.1) is 23.9 Å². The predicted octanol–water partition coefficient (Wildman–Crippen LogP) is 5.83. The van der Waals surface area contributed by atoms with Crippen molar-refractivity contribution in [1.29, 1.82) is 0 Å². The van der Waals surface area contributed by atoms with Crippen molar-refractivity contribution in [1.82, 2.24) is 4.31 Å². The average Bonchev–Trinajstić information content (AvgIpc) is 2.73. The molecule has 0 aliphatic heterocycles. The Morgan fingerprint density at radius 1 is 1.00 bits per heavy atom. The number of alkyl halides is 5. The lowest BCUT2D eigenvalue weighted by Gasteiger charge is -2.40. The third-order valence-electron chi connectivity index (χ3n) is 7.57. The van der Waals surface area contributed by atoms with Crippen LogP contribution in [0.25, 0.3) is 0 Å². The smallest absolute Gasteiger partial charge is 0.378 e. The van der Waals surface area contributed by atoms with Crippen molar-refractivity contribution in [3.63, 3.8) is 0 Å². The van der Waals surface area contributed by atoms with Gasteiger partial charge in [-0.3, -0.25) is 0 Å². The van der Waals surface area contributed by atoms with Crippen molar-refractivity contribution >= 4 is 21.6 Å². The standard InChI is InChI=1S/C22H36ClF4NO3S/c1-2-28(32(29,30)18-9-3-6-15(12-18)22(25,26)27)16-7-4-8-17(13-16)31-14-19-20(23)10-5-11-21(19)24/h15-21H,2-14H2,1H3. The van der Waals surface area contributed by atoms with Crippen LogP contribution in [-0.2, 0) is 14.8 Å². The highest BCUT2D eigenvalue weighted by molar-refractivity contribution is 7.89. The van der Waals surface area contributed by atoms with Crippen molar-refractivity contribution in [3.05, 3.63) is 0 Å². The van der Waals surface area contributed by atoms with E-state index in [2.05, 4.69) is 0 Å². The Kier molecular flexibility index (Phi) is 9.17. The first-order valence-electron chi connectivity index (χ1n) is 12.0. The zero-order chi connectivity index (χ0) is 23.5. The summed E-state index contributed by atoms with van der Waals surface area (Å²) in [6, 6.07) is -0.297. The number of hydrogen-bond acceptors (Lipinski definition) is 3. The van der Waals surface area contributed by atoms with Crippen molar-refractivity contribution in [3.8, 4) is 0 Å². The van der Waals surface area contributed by atoms with Gasteiger partial charge in [0.1, 0.15) is 6.17 Å². The highest BCUT2D eigenvalue weighted by Gasteiger charge is 2.47. The van der Waals surface area contributed by atoms with Gasteiger partial charge in [0.2, 0.25) is 10.0 Å². The fourth-order valence-corrected chi connectivity index (χ4v) is 8.38. The van der Waals surface area contributed by atoms with E-state index in [4.69, 9.17) is 16.3 Å². The molecule has 0 N–H and O–H groups in total. The molecule has 3 fully saturated rings. The lowest BCUT2D eigenvalue weighted by molar-refractivity contribution is -0.181. The molecule has 10 heteroatoms. The van der Waals surface area contributed by atoms with E-state index < -0.39 is 33.5 Å². The molecule has 0 amide bonds. The van der Waals surface area contributed by atoms with Gasteiger partial charge in [0.15, 0.2) is 0 Å². The maximum absolute atomic E-state index is 14.3. The molecule has 0 aromatic rings. The summed E-state index contributed by atoms with van der Waals surface area (Å²) in [7, 11) is -3.85. The molecule has 3 saturated carbocycles. The van der Waals surface area contributed by atoms with Gasteiger partial charge in [-0.2, -0.15) is 17.5 Å². The van der Waals surface area contributed by atoms with Crippen molar-refractivity contribution in [2.24, 2.45) is 11.8 Å². The van der Waals surface area contributed by atoms with E-state index in [9.17, 15) is 26.0 Å². The van der Waals surface area contributed by atoms with E-state index in [0.717, 1.165) is 25.7 Å². The van der Waals surface area contributed by atoms with Gasteiger partial charge in [-0.05, 0) is 64.2 Å². The van der Waals surface area contributed by atoms with E-state index in [1.807, 2.05) is 0 Å². The van der Waals surface area contributed by atoms with Crippen LogP contribution in [0, 0.1) is 11.8 Å². The van der Waals surface area contributed by atoms with E-state index in [1.54, 1.807) is 6.92 Å². The van der Waals surface area contributed by atoms with Gasteiger partial charge in [-0.15, -0.1) is 11.6 Å². The zero-order valence-corrected chi connectivity index (χ0v) is 20.3. The molecule has 0 saturated heterocycles. The van der Waals surface area contributed by atoms with Gasteiger partial charge >= 0.3 is 6.18 Å². The Labute approximate surface area is 194 Å². The topological polar surface area (TPSA) is 46.6 Å². The SMILES string of the molecule is CCN(C1CCCC(OCC2C(F)CCCC2Cl)C1)S(=O)(=O)C1CCCC(C(F)(F)F)C1. The first kappa shape index (κ1) is 26.5. The van der Waals surface area contributed by atoms with Crippen LogP contribution in [0.4, 0.5) is 17.6 Å². The maximum Gasteiger partial charge on any atom is 0.391 e. The molecule has 4 nitrogen and oxygen atoms in total. The van der Waals surface area contributed by atoms with Gasteiger partial charge in [-0.25, -0.2) is 12.8 Å². The molecule has 0 bridgehead atoms. The lowest BCUT2D eigenvalue weighted by atomic mass is 9.87. The minimum atomic E-state index is -4.36. The predicted molar refractivity (Wildman–Crippen MR) is 117 cm³/mol. The Balaban J connectivity index is 1.62. The van der Waals surface area contributed by atoms with Crippen molar-refractivity contribution in [2.75, 3.05) is 13.2 Å². The van der Waals surface area contributed by atoms with Gasteiger partial charge < -0.3 is 4.74 Å². The second-order valence-corrected chi connectivity index (χ2v) is 12.4. The van der Waals surface area contributed by atoms with E-state index in [0.29, 0.717) is 19.3 Å². The highest BCUT2D eigenvalue weighted by atomic mass is 35.5.